The molecule has 3 heterocycles. The molecule has 1 saturated heterocycles. The highest BCUT2D eigenvalue weighted by Crippen LogP contribution is 2.46. The number of H-pyrrole nitrogens is 1. The van der Waals surface area contributed by atoms with Crippen LogP contribution in [0.5, 0.6) is 0 Å². The third-order valence-corrected chi connectivity index (χ3v) is 6.54. The first-order valence-electron chi connectivity index (χ1n) is 9.89. The van der Waals surface area contributed by atoms with E-state index in [1.807, 2.05) is 51.1 Å². The fourth-order valence-electron chi connectivity index (χ4n) is 4.74. The summed E-state index contributed by atoms with van der Waals surface area (Å²) in [4.78, 5) is 33.5. The molecule has 0 aliphatic carbocycles. The fourth-order valence-corrected chi connectivity index (χ4v) is 5.25. The van der Waals surface area contributed by atoms with E-state index in [9.17, 15) is 9.59 Å². The van der Waals surface area contributed by atoms with Gasteiger partial charge in [-0.1, -0.05) is 47.5 Å². The maximum Gasteiger partial charge on any atom is 0.328 e. The molecule has 2 aliphatic rings. The minimum absolute atomic E-state index is 0.168. The number of halogens is 2. The molecule has 3 aromatic rings. The van der Waals surface area contributed by atoms with Gasteiger partial charge in [-0.25, -0.2) is 4.79 Å². The molecule has 7 heteroatoms. The van der Waals surface area contributed by atoms with Crippen LogP contribution in [0.3, 0.4) is 0 Å². The van der Waals surface area contributed by atoms with Gasteiger partial charge < -0.3 is 4.98 Å². The number of aromatic nitrogens is 1. The van der Waals surface area contributed by atoms with Crippen LogP contribution < -0.4 is 0 Å². The third-order valence-electron chi connectivity index (χ3n) is 5.98. The molecule has 0 spiro atoms. The van der Waals surface area contributed by atoms with Crippen LogP contribution in [0.4, 0.5) is 4.79 Å². The zero-order valence-electron chi connectivity index (χ0n) is 16.9. The molecule has 1 aromatic heterocycles. The maximum atomic E-state index is 13.5. The van der Waals surface area contributed by atoms with E-state index in [4.69, 9.17) is 23.2 Å². The first-order chi connectivity index (χ1) is 14.2. The highest BCUT2D eigenvalue weighted by Gasteiger charge is 2.55. The summed E-state index contributed by atoms with van der Waals surface area (Å²) in [5.74, 6) is -0.168. The van der Waals surface area contributed by atoms with E-state index < -0.39 is 17.6 Å². The number of para-hydroxylation sites is 1. The topological polar surface area (TPSA) is 56.4 Å². The number of amides is 3. The Hall–Kier alpha value is -2.50. The van der Waals surface area contributed by atoms with Crippen molar-refractivity contribution in [2.24, 2.45) is 0 Å². The number of imide groups is 1. The lowest BCUT2D eigenvalue weighted by molar-refractivity contribution is -0.131. The average molecular weight is 442 g/mol. The Bertz CT molecular complexity index is 1210. The molecule has 0 bridgehead atoms. The SMILES string of the molecule is CC(C)(C)N1C(=O)[C@H]2Cc3c([nH]c4ccccc34)[C@H](c3ccc(Cl)cc3Cl)N2C1=O. The second kappa shape index (κ2) is 6.50. The standard InChI is InChI=1S/C23H21Cl2N3O2/c1-23(2,3)28-21(29)18-11-15-13-6-4-5-7-17(13)26-19(15)20(27(18)22(28)30)14-9-8-12(24)10-16(14)25/h4-10,18,20,26H,11H2,1-3H3/t18-,20+/m1/s1. The van der Waals surface area contributed by atoms with Crippen LogP contribution in [0.1, 0.15) is 43.6 Å². The van der Waals surface area contributed by atoms with Crippen LogP contribution in [-0.4, -0.2) is 38.3 Å². The molecular weight excluding hydrogens is 421 g/mol. The van der Waals surface area contributed by atoms with Crippen molar-refractivity contribution >= 4 is 46.0 Å². The fraction of sp³-hybridized carbons (Fsp3) is 0.304. The minimum Gasteiger partial charge on any atom is -0.356 e. The summed E-state index contributed by atoms with van der Waals surface area (Å²) in [6, 6.07) is 11.9. The van der Waals surface area contributed by atoms with Crippen molar-refractivity contribution in [3.05, 3.63) is 69.3 Å². The third kappa shape index (κ3) is 2.69. The van der Waals surface area contributed by atoms with Crippen molar-refractivity contribution in [2.75, 3.05) is 0 Å². The van der Waals surface area contributed by atoms with Crippen LogP contribution in [0.2, 0.25) is 10.0 Å². The smallest absolute Gasteiger partial charge is 0.328 e. The number of hydrogen-bond donors (Lipinski definition) is 1. The van der Waals surface area contributed by atoms with Crippen LogP contribution in [-0.2, 0) is 11.2 Å². The van der Waals surface area contributed by atoms with Gasteiger partial charge in [0, 0.05) is 38.6 Å². The molecule has 0 radical (unpaired) electrons. The average Bonchev–Trinajstić information content (AvgIpc) is 3.16. The maximum absolute atomic E-state index is 13.5. The van der Waals surface area contributed by atoms with E-state index in [0.29, 0.717) is 16.5 Å². The van der Waals surface area contributed by atoms with Crippen molar-refractivity contribution in [3.63, 3.8) is 0 Å². The lowest BCUT2D eigenvalue weighted by Gasteiger charge is -2.36. The van der Waals surface area contributed by atoms with Gasteiger partial charge in [0.1, 0.15) is 12.1 Å². The monoisotopic (exact) mass is 441 g/mol. The zero-order chi connectivity index (χ0) is 21.4. The number of nitrogens with one attached hydrogen (secondary N) is 1. The van der Waals surface area contributed by atoms with Crippen LogP contribution in [0.25, 0.3) is 10.9 Å². The molecule has 3 amide bonds. The summed E-state index contributed by atoms with van der Waals surface area (Å²) in [6.45, 7) is 5.63. The minimum atomic E-state index is -0.615. The van der Waals surface area contributed by atoms with Gasteiger partial charge in [-0.05, 0) is 50.1 Å². The number of carbonyl (C=O) groups is 2. The van der Waals surface area contributed by atoms with E-state index in [1.165, 1.54) is 4.90 Å². The van der Waals surface area contributed by atoms with Gasteiger partial charge in [-0.3, -0.25) is 14.6 Å². The summed E-state index contributed by atoms with van der Waals surface area (Å²) in [6.07, 6.45) is 0.470. The van der Waals surface area contributed by atoms with Gasteiger partial charge in [0.05, 0.1) is 0 Å². The molecule has 0 unspecified atom stereocenters. The van der Waals surface area contributed by atoms with Crippen molar-refractivity contribution in [1.29, 1.82) is 0 Å². The Morgan fingerprint density at radius 1 is 1.07 bits per heavy atom. The van der Waals surface area contributed by atoms with E-state index >= 15 is 0 Å². The number of nitrogens with zero attached hydrogens (tertiary/aromatic N) is 2. The molecule has 1 N–H and O–H groups in total. The highest BCUT2D eigenvalue weighted by atomic mass is 35.5. The number of fused-ring (bicyclic) bond motifs is 4. The van der Waals surface area contributed by atoms with Crippen molar-refractivity contribution in [1.82, 2.24) is 14.8 Å². The Labute approximate surface area is 184 Å². The van der Waals surface area contributed by atoms with Crippen LogP contribution >= 0.6 is 23.2 Å². The van der Waals surface area contributed by atoms with E-state index in [1.54, 1.807) is 17.0 Å². The lowest BCUT2D eigenvalue weighted by atomic mass is 9.89. The number of rotatable bonds is 1. The molecule has 30 heavy (non-hydrogen) atoms. The second-order valence-corrected chi connectivity index (χ2v) is 9.73. The van der Waals surface area contributed by atoms with E-state index in [-0.39, 0.29) is 11.9 Å². The van der Waals surface area contributed by atoms with Crippen LogP contribution in [0.15, 0.2) is 42.5 Å². The van der Waals surface area contributed by atoms with Gasteiger partial charge in [0.15, 0.2) is 0 Å². The van der Waals surface area contributed by atoms with Crippen molar-refractivity contribution < 1.29 is 9.59 Å². The van der Waals surface area contributed by atoms with Gasteiger partial charge in [0.2, 0.25) is 0 Å². The Balaban J connectivity index is 1.77. The summed E-state index contributed by atoms with van der Waals surface area (Å²) in [5, 5.41) is 2.05. The Morgan fingerprint density at radius 3 is 2.50 bits per heavy atom. The van der Waals surface area contributed by atoms with Crippen molar-refractivity contribution in [3.8, 4) is 0 Å². The molecule has 5 nitrogen and oxygen atoms in total. The Kier molecular flexibility index (Phi) is 4.21. The summed E-state index contributed by atoms with van der Waals surface area (Å²) in [5.41, 5.74) is 3.06. The van der Waals surface area contributed by atoms with Crippen molar-refractivity contribution in [2.45, 2.75) is 44.8 Å². The van der Waals surface area contributed by atoms with Gasteiger partial charge in [-0.2, -0.15) is 0 Å². The van der Waals surface area contributed by atoms with Crippen LogP contribution in [0, 0.1) is 0 Å². The predicted molar refractivity (Wildman–Crippen MR) is 118 cm³/mol. The summed E-state index contributed by atoms with van der Waals surface area (Å²) in [7, 11) is 0. The first-order valence-corrected chi connectivity index (χ1v) is 10.6. The number of aromatic amines is 1. The number of carbonyl (C=O) groups excluding carboxylic acids is 2. The first kappa shape index (κ1) is 19.5. The number of benzene rings is 2. The molecule has 2 atom stereocenters. The quantitative estimate of drug-likeness (QED) is 0.503. The zero-order valence-corrected chi connectivity index (χ0v) is 18.4. The molecule has 154 valence electrons. The van der Waals surface area contributed by atoms with Gasteiger partial charge in [0.25, 0.3) is 5.91 Å². The van der Waals surface area contributed by atoms with E-state index in [0.717, 1.165) is 27.7 Å². The summed E-state index contributed by atoms with van der Waals surface area (Å²) >= 11 is 12.7. The number of urea groups is 1. The normalized spacial score (nSPS) is 21.4. The molecule has 0 saturated carbocycles. The molecular formula is C23H21Cl2N3O2. The van der Waals surface area contributed by atoms with E-state index in [2.05, 4.69) is 4.98 Å². The Morgan fingerprint density at radius 2 is 1.80 bits per heavy atom. The van der Waals surface area contributed by atoms with Gasteiger partial charge in [-0.15, -0.1) is 0 Å². The van der Waals surface area contributed by atoms with Gasteiger partial charge >= 0.3 is 6.03 Å². The molecule has 2 aliphatic heterocycles. The predicted octanol–water partition coefficient (Wildman–Crippen LogP) is 5.55. The molecule has 1 fully saturated rings. The largest absolute Gasteiger partial charge is 0.356 e. The molecule has 5 rings (SSSR count). The number of hydrogen-bond acceptors (Lipinski definition) is 2. The lowest BCUT2D eigenvalue weighted by Crippen LogP contribution is -2.46. The highest BCUT2D eigenvalue weighted by molar-refractivity contribution is 6.35. The molecule has 2 aromatic carbocycles. The second-order valence-electron chi connectivity index (χ2n) is 8.89. The summed E-state index contributed by atoms with van der Waals surface area (Å²) < 4.78 is 0.